The number of hydrogen-bond acceptors (Lipinski definition) is 3. The largest absolute Gasteiger partial charge is 0.496 e. The number of nitrogens with zero attached hydrogens (tertiary/aromatic N) is 1. The number of urea groups is 1. The van der Waals surface area contributed by atoms with E-state index in [0.29, 0.717) is 26.3 Å². The highest BCUT2D eigenvalue weighted by Crippen LogP contribution is 2.19. The van der Waals surface area contributed by atoms with Crippen LogP contribution in [0.15, 0.2) is 18.2 Å². The number of aryl methyl sites for hydroxylation is 1. The fraction of sp³-hybridized carbons (Fsp3) is 0.562. The predicted octanol–water partition coefficient (Wildman–Crippen LogP) is 1.98. The molecule has 5 nitrogen and oxygen atoms in total. The molecule has 21 heavy (non-hydrogen) atoms. The van der Waals surface area contributed by atoms with Gasteiger partial charge in [-0.15, -0.1) is 0 Å². The summed E-state index contributed by atoms with van der Waals surface area (Å²) in [6.07, 6.45) is 0.793. The van der Waals surface area contributed by atoms with Crippen molar-refractivity contribution in [3.05, 3.63) is 29.3 Å². The van der Waals surface area contributed by atoms with E-state index >= 15 is 0 Å². The number of benzene rings is 1. The molecule has 1 fully saturated rings. The van der Waals surface area contributed by atoms with E-state index in [9.17, 15) is 4.79 Å². The van der Waals surface area contributed by atoms with Gasteiger partial charge in [-0.25, -0.2) is 4.79 Å². The summed E-state index contributed by atoms with van der Waals surface area (Å²) in [5.74, 6) is 0.889. The lowest BCUT2D eigenvalue weighted by atomic mass is 10.1. The molecule has 0 spiro atoms. The molecule has 0 aromatic heterocycles. The zero-order valence-electron chi connectivity index (χ0n) is 13.0. The van der Waals surface area contributed by atoms with Gasteiger partial charge in [0.05, 0.1) is 26.4 Å². The van der Waals surface area contributed by atoms with Gasteiger partial charge in [0.25, 0.3) is 0 Å². The minimum absolute atomic E-state index is 0.00937. The van der Waals surface area contributed by atoms with E-state index in [0.717, 1.165) is 23.3 Å². The van der Waals surface area contributed by atoms with Gasteiger partial charge in [0, 0.05) is 13.1 Å². The van der Waals surface area contributed by atoms with Gasteiger partial charge in [0.1, 0.15) is 5.75 Å². The molecule has 0 aliphatic carbocycles. The van der Waals surface area contributed by atoms with Crippen molar-refractivity contribution in [3.8, 4) is 5.75 Å². The molecule has 1 aromatic carbocycles. The summed E-state index contributed by atoms with van der Waals surface area (Å²) < 4.78 is 10.6. The van der Waals surface area contributed by atoms with Gasteiger partial charge in [0.2, 0.25) is 0 Å². The molecule has 0 bridgehead atoms. The topological polar surface area (TPSA) is 50.8 Å². The molecular formula is C16H24N2O3. The number of rotatable bonds is 4. The summed E-state index contributed by atoms with van der Waals surface area (Å²) in [6.45, 7) is 6.53. The van der Waals surface area contributed by atoms with Crippen LogP contribution in [-0.2, 0) is 11.2 Å². The number of amides is 2. The van der Waals surface area contributed by atoms with E-state index in [1.807, 2.05) is 30.9 Å². The predicted molar refractivity (Wildman–Crippen MR) is 81.8 cm³/mol. The van der Waals surface area contributed by atoms with Crippen molar-refractivity contribution >= 4 is 6.03 Å². The van der Waals surface area contributed by atoms with Gasteiger partial charge in [-0.05, 0) is 37.5 Å². The first-order valence-electron chi connectivity index (χ1n) is 7.37. The molecular weight excluding hydrogens is 268 g/mol. The van der Waals surface area contributed by atoms with Gasteiger partial charge in [0.15, 0.2) is 0 Å². The summed E-state index contributed by atoms with van der Waals surface area (Å²) in [6, 6.07) is 6.27. The van der Waals surface area contributed by atoms with E-state index < -0.39 is 0 Å². The van der Waals surface area contributed by atoms with E-state index in [-0.39, 0.29) is 12.1 Å². The maximum absolute atomic E-state index is 12.1. The lowest BCUT2D eigenvalue weighted by molar-refractivity contribution is 0.0191. The Labute approximate surface area is 126 Å². The maximum Gasteiger partial charge on any atom is 0.317 e. The molecule has 1 heterocycles. The molecule has 0 saturated carbocycles. The van der Waals surface area contributed by atoms with Gasteiger partial charge >= 0.3 is 6.03 Å². The van der Waals surface area contributed by atoms with Crippen LogP contribution in [0.5, 0.6) is 5.75 Å². The normalized spacial score (nSPS) is 18.4. The number of morpholine rings is 1. The van der Waals surface area contributed by atoms with Crippen molar-refractivity contribution in [2.24, 2.45) is 0 Å². The van der Waals surface area contributed by atoms with Gasteiger partial charge < -0.3 is 19.7 Å². The smallest absolute Gasteiger partial charge is 0.317 e. The van der Waals surface area contributed by atoms with Crippen LogP contribution in [0.25, 0.3) is 0 Å². The fourth-order valence-corrected chi connectivity index (χ4v) is 2.46. The molecule has 1 N–H and O–H groups in total. The van der Waals surface area contributed by atoms with Crippen LogP contribution in [0.1, 0.15) is 18.1 Å². The molecule has 5 heteroatoms. The molecule has 1 unspecified atom stereocenters. The number of methoxy groups -OCH3 is 1. The Morgan fingerprint density at radius 2 is 2.33 bits per heavy atom. The van der Waals surface area contributed by atoms with Crippen molar-refractivity contribution < 1.29 is 14.3 Å². The van der Waals surface area contributed by atoms with Crippen LogP contribution >= 0.6 is 0 Å². The van der Waals surface area contributed by atoms with Crippen molar-refractivity contribution in [1.82, 2.24) is 10.2 Å². The van der Waals surface area contributed by atoms with Crippen molar-refractivity contribution in [3.63, 3.8) is 0 Å². The maximum atomic E-state index is 12.1. The highest BCUT2D eigenvalue weighted by Gasteiger charge is 2.23. The van der Waals surface area contributed by atoms with E-state index in [1.54, 1.807) is 7.11 Å². The molecule has 1 aromatic rings. The quantitative estimate of drug-likeness (QED) is 0.923. The second-order valence-electron chi connectivity index (χ2n) is 5.40. The van der Waals surface area contributed by atoms with Gasteiger partial charge in [-0.3, -0.25) is 0 Å². The summed E-state index contributed by atoms with van der Waals surface area (Å²) in [7, 11) is 1.67. The lowest BCUT2D eigenvalue weighted by Crippen LogP contribution is -2.51. The van der Waals surface area contributed by atoms with Gasteiger partial charge in [-0.2, -0.15) is 0 Å². The third-order valence-electron chi connectivity index (χ3n) is 3.79. The minimum Gasteiger partial charge on any atom is -0.496 e. The summed E-state index contributed by atoms with van der Waals surface area (Å²) in [4.78, 5) is 13.9. The third-order valence-corrected chi connectivity index (χ3v) is 3.79. The molecule has 1 atom stereocenters. The van der Waals surface area contributed by atoms with Crippen molar-refractivity contribution in [2.75, 3.05) is 33.4 Å². The zero-order chi connectivity index (χ0) is 15.2. The SMILES string of the molecule is COc1cc(CCNC(=O)N2CCOCC2C)ccc1C. The number of ether oxygens (including phenoxy) is 2. The van der Waals surface area contributed by atoms with E-state index in [4.69, 9.17) is 9.47 Å². The highest BCUT2D eigenvalue weighted by molar-refractivity contribution is 5.74. The standard InChI is InChI=1S/C16H24N2O3/c1-12-4-5-14(10-15(12)20-3)6-7-17-16(19)18-8-9-21-11-13(18)2/h4-5,10,13H,6-9,11H2,1-3H3,(H,17,19). The van der Waals surface area contributed by atoms with Crippen LogP contribution < -0.4 is 10.1 Å². The van der Waals surface area contributed by atoms with E-state index in [2.05, 4.69) is 11.4 Å². The first-order chi connectivity index (χ1) is 10.1. The Morgan fingerprint density at radius 1 is 1.52 bits per heavy atom. The Kier molecular flexibility index (Phi) is 5.44. The average Bonchev–Trinajstić information content (AvgIpc) is 2.49. The van der Waals surface area contributed by atoms with E-state index in [1.165, 1.54) is 0 Å². The molecule has 0 radical (unpaired) electrons. The number of carbonyl (C=O) groups excluding carboxylic acids is 1. The van der Waals surface area contributed by atoms with Gasteiger partial charge in [-0.1, -0.05) is 12.1 Å². The lowest BCUT2D eigenvalue weighted by Gasteiger charge is -2.33. The number of carbonyl (C=O) groups is 1. The number of nitrogens with one attached hydrogen (secondary N) is 1. The van der Waals surface area contributed by atoms with Crippen molar-refractivity contribution in [2.45, 2.75) is 26.3 Å². The first-order valence-corrected chi connectivity index (χ1v) is 7.37. The molecule has 1 saturated heterocycles. The molecule has 2 rings (SSSR count). The highest BCUT2D eigenvalue weighted by atomic mass is 16.5. The summed E-state index contributed by atoms with van der Waals surface area (Å²) in [5, 5.41) is 2.97. The monoisotopic (exact) mass is 292 g/mol. The molecule has 1 aliphatic rings. The molecule has 1 aliphatic heterocycles. The Morgan fingerprint density at radius 3 is 3.05 bits per heavy atom. The number of hydrogen-bond donors (Lipinski definition) is 1. The fourth-order valence-electron chi connectivity index (χ4n) is 2.46. The molecule has 2 amide bonds. The first kappa shape index (κ1) is 15.6. The average molecular weight is 292 g/mol. The Bertz CT molecular complexity index is 490. The van der Waals surface area contributed by atoms with Crippen LogP contribution in [-0.4, -0.2) is 50.4 Å². The second-order valence-corrected chi connectivity index (χ2v) is 5.40. The van der Waals surface area contributed by atoms with Crippen LogP contribution in [0.4, 0.5) is 4.79 Å². The summed E-state index contributed by atoms with van der Waals surface area (Å²) in [5.41, 5.74) is 2.28. The van der Waals surface area contributed by atoms with Crippen LogP contribution in [0.3, 0.4) is 0 Å². The van der Waals surface area contributed by atoms with Crippen molar-refractivity contribution in [1.29, 1.82) is 0 Å². The zero-order valence-corrected chi connectivity index (χ0v) is 13.0. The van der Waals surface area contributed by atoms with Crippen LogP contribution in [0.2, 0.25) is 0 Å². The Balaban J connectivity index is 1.82. The van der Waals surface area contributed by atoms with Crippen LogP contribution in [0, 0.1) is 6.92 Å². The third kappa shape index (κ3) is 4.11. The molecule has 116 valence electrons. The Hall–Kier alpha value is -1.75. The second kappa shape index (κ2) is 7.31. The minimum atomic E-state index is -0.00937. The summed E-state index contributed by atoms with van der Waals surface area (Å²) >= 11 is 0.